The molecule has 0 aliphatic heterocycles. The smallest absolute Gasteiger partial charge is 0.312 e. The van der Waals surface area contributed by atoms with Crippen molar-refractivity contribution in [1.29, 1.82) is 0 Å². The summed E-state index contributed by atoms with van der Waals surface area (Å²) in [5.74, 6) is 0.522. The van der Waals surface area contributed by atoms with E-state index in [1.165, 1.54) is 5.56 Å². The number of hydrogen-bond donors (Lipinski definition) is 3. The van der Waals surface area contributed by atoms with Crippen molar-refractivity contribution in [3.63, 3.8) is 0 Å². The SMILES string of the molecule is CC[C@@H](C)c1ccc(NC(=O)[C@@H](CC(C)C)NC(N)=O)cc1. The van der Waals surface area contributed by atoms with Crippen LogP contribution in [0.4, 0.5) is 10.5 Å². The summed E-state index contributed by atoms with van der Waals surface area (Å²) < 4.78 is 0. The van der Waals surface area contributed by atoms with Crippen LogP contribution in [0.15, 0.2) is 24.3 Å². The minimum atomic E-state index is -0.687. The van der Waals surface area contributed by atoms with E-state index in [0.29, 0.717) is 12.3 Å². The molecule has 0 spiro atoms. The molecule has 0 radical (unpaired) electrons. The molecule has 4 N–H and O–H groups in total. The fourth-order valence-corrected chi connectivity index (χ4v) is 2.23. The van der Waals surface area contributed by atoms with Gasteiger partial charge in [-0.1, -0.05) is 39.8 Å². The zero-order valence-corrected chi connectivity index (χ0v) is 13.8. The molecule has 0 fully saturated rings. The van der Waals surface area contributed by atoms with Crippen LogP contribution in [0.5, 0.6) is 0 Å². The summed E-state index contributed by atoms with van der Waals surface area (Å²) in [6.07, 6.45) is 1.62. The molecule has 1 aromatic rings. The summed E-state index contributed by atoms with van der Waals surface area (Å²) in [6, 6.07) is 6.50. The standard InChI is InChI=1S/C17H27N3O2/c1-5-12(4)13-6-8-14(9-7-13)19-16(21)15(10-11(2)3)20-17(18)22/h6-9,11-12,15H,5,10H2,1-4H3,(H,19,21)(H3,18,20,22)/t12-,15-/m1/s1. The molecular formula is C17H27N3O2. The van der Waals surface area contributed by atoms with Crippen molar-refractivity contribution in [2.45, 2.75) is 52.5 Å². The molecule has 5 heteroatoms. The molecule has 0 bridgehead atoms. The number of nitrogens with two attached hydrogens (primary N) is 1. The molecule has 122 valence electrons. The Morgan fingerprint density at radius 3 is 2.18 bits per heavy atom. The van der Waals surface area contributed by atoms with E-state index < -0.39 is 12.1 Å². The van der Waals surface area contributed by atoms with Crippen molar-refractivity contribution in [2.75, 3.05) is 5.32 Å². The lowest BCUT2D eigenvalue weighted by molar-refractivity contribution is -0.118. The predicted octanol–water partition coefficient (Wildman–Crippen LogP) is 3.22. The van der Waals surface area contributed by atoms with Crippen LogP contribution in [0.1, 0.15) is 52.0 Å². The average molecular weight is 305 g/mol. The summed E-state index contributed by atoms with van der Waals surface area (Å²) in [6.45, 7) is 8.29. The highest BCUT2D eigenvalue weighted by Crippen LogP contribution is 2.20. The molecule has 0 saturated carbocycles. The van der Waals surface area contributed by atoms with E-state index in [-0.39, 0.29) is 11.8 Å². The van der Waals surface area contributed by atoms with Crippen molar-refractivity contribution in [2.24, 2.45) is 11.7 Å². The van der Waals surface area contributed by atoms with Crippen molar-refractivity contribution in [3.05, 3.63) is 29.8 Å². The predicted molar refractivity (Wildman–Crippen MR) is 89.7 cm³/mol. The maximum atomic E-state index is 12.3. The Labute approximate surface area is 132 Å². The molecule has 0 saturated heterocycles. The summed E-state index contributed by atoms with van der Waals surface area (Å²) >= 11 is 0. The van der Waals surface area contributed by atoms with Gasteiger partial charge in [-0.05, 0) is 42.4 Å². The fraction of sp³-hybridized carbons (Fsp3) is 0.529. The summed E-state index contributed by atoms with van der Waals surface area (Å²) in [4.78, 5) is 23.3. The first kappa shape index (κ1) is 18.0. The Kier molecular flexibility index (Phi) is 6.89. The van der Waals surface area contributed by atoms with E-state index in [2.05, 4.69) is 24.5 Å². The van der Waals surface area contributed by atoms with Gasteiger partial charge in [0, 0.05) is 5.69 Å². The second kappa shape index (κ2) is 8.41. The number of amides is 3. The molecule has 0 aliphatic carbocycles. The fourth-order valence-electron chi connectivity index (χ4n) is 2.23. The van der Waals surface area contributed by atoms with Crippen LogP contribution < -0.4 is 16.4 Å². The molecule has 1 rings (SSSR count). The van der Waals surface area contributed by atoms with E-state index in [9.17, 15) is 9.59 Å². The monoisotopic (exact) mass is 305 g/mol. The maximum absolute atomic E-state index is 12.3. The zero-order chi connectivity index (χ0) is 16.7. The minimum absolute atomic E-state index is 0.246. The highest BCUT2D eigenvalue weighted by Gasteiger charge is 2.21. The number of rotatable bonds is 7. The number of carbonyl (C=O) groups is 2. The number of nitrogens with one attached hydrogen (secondary N) is 2. The number of carbonyl (C=O) groups excluding carboxylic acids is 2. The molecule has 0 unspecified atom stereocenters. The highest BCUT2D eigenvalue weighted by molar-refractivity contribution is 5.96. The molecule has 22 heavy (non-hydrogen) atoms. The summed E-state index contributed by atoms with van der Waals surface area (Å²) in [5.41, 5.74) is 7.10. The van der Waals surface area contributed by atoms with Gasteiger partial charge in [-0.3, -0.25) is 4.79 Å². The number of urea groups is 1. The minimum Gasteiger partial charge on any atom is -0.352 e. The van der Waals surface area contributed by atoms with Crippen molar-refractivity contribution in [3.8, 4) is 0 Å². The lowest BCUT2D eigenvalue weighted by Crippen LogP contribution is -2.46. The van der Waals surface area contributed by atoms with Crippen LogP contribution in [-0.2, 0) is 4.79 Å². The van der Waals surface area contributed by atoms with Crippen molar-refractivity contribution in [1.82, 2.24) is 5.32 Å². The Morgan fingerprint density at radius 1 is 1.14 bits per heavy atom. The third kappa shape index (κ3) is 5.76. The van der Waals surface area contributed by atoms with E-state index in [1.807, 2.05) is 38.1 Å². The molecular weight excluding hydrogens is 278 g/mol. The largest absolute Gasteiger partial charge is 0.352 e. The molecule has 0 heterocycles. The van der Waals surface area contributed by atoms with E-state index in [1.54, 1.807) is 0 Å². The molecule has 1 aromatic carbocycles. The van der Waals surface area contributed by atoms with Gasteiger partial charge in [-0.2, -0.15) is 0 Å². The van der Waals surface area contributed by atoms with Crippen LogP contribution in [0.2, 0.25) is 0 Å². The normalized spacial score (nSPS) is 13.5. The molecule has 3 amide bonds. The summed E-state index contributed by atoms with van der Waals surface area (Å²) in [7, 11) is 0. The van der Waals surface area contributed by atoms with Gasteiger partial charge in [-0.15, -0.1) is 0 Å². The first-order valence-corrected chi connectivity index (χ1v) is 7.80. The van der Waals surface area contributed by atoms with Gasteiger partial charge < -0.3 is 16.4 Å². The van der Waals surface area contributed by atoms with Crippen LogP contribution in [-0.4, -0.2) is 18.0 Å². The van der Waals surface area contributed by atoms with Crippen LogP contribution in [0, 0.1) is 5.92 Å². The van der Waals surface area contributed by atoms with Crippen molar-refractivity contribution >= 4 is 17.6 Å². The van der Waals surface area contributed by atoms with Crippen LogP contribution in [0.25, 0.3) is 0 Å². The molecule has 0 aromatic heterocycles. The van der Waals surface area contributed by atoms with Crippen LogP contribution in [0.3, 0.4) is 0 Å². The first-order chi connectivity index (χ1) is 10.3. The Balaban J connectivity index is 2.73. The lowest BCUT2D eigenvalue weighted by atomic mass is 9.98. The number of benzene rings is 1. The third-order valence-electron chi connectivity index (χ3n) is 3.70. The van der Waals surface area contributed by atoms with Gasteiger partial charge in [0.1, 0.15) is 6.04 Å². The highest BCUT2D eigenvalue weighted by atomic mass is 16.2. The van der Waals surface area contributed by atoms with Gasteiger partial charge in [-0.25, -0.2) is 4.79 Å². The topological polar surface area (TPSA) is 84.2 Å². The summed E-state index contributed by atoms with van der Waals surface area (Å²) in [5, 5.41) is 5.32. The number of primary amides is 1. The molecule has 2 atom stereocenters. The van der Waals surface area contributed by atoms with Gasteiger partial charge in [0.2, 0.25) is 5.91 Å². The Hall–Kier alpha value is -2.04. The molecule has 5 nitrogen and oxygen atoms in total. The van der Waals surface area contributed by atoms with Gasteiger partial charge in [0.05, 0.1) is 0 Å². The van der Waals surface area contributed by atoms with Crippen LogP contribution >= 0.6 is 0 Å². The lowest BCUT2D eigenvalue weighted by Gasteiger charge is -2.19. The average Bonchev–Trinajstić information content (AvgIpc) is 2.45. The van der Waals surface area contributed by atoms with Crippen molar-refractivity contribution < 1.29 is 9.59 Å². The van der Waals surface area contributed by atoms with E-state index in [4.69, 9.17) is 5.73 Å². The third-order valence-corrected chi connectivity index (χ3v) is 3.70. The van der Waals surface area contributed by atoms with E-state index in [0.717, 1.165) is 12.1 Å². The van der Waals surface area contributed by atoms with Gasteiger partial charge in [0.25, 0.3) is 0 Å². The first-order valence-electron chi connectivity index (χ1n) is 7.80. The Morgan fingerprint density at radius 2 is 1.73 bits per heavy atom. The quantitative estimate of drug-likeness (QED) is 0.722. The Bertz CT molecular complexity index is 497. The van der Waals surface area contributed by atoms with E-state index >= 15 is 0 Å². The second-order valence-corrected chi connectivity index (χ2v) is 6.11. The number of hydrogen-bond acceptors (Lipinski definition) is 2. The second-order valence-electron chi connectivity index (χ2n) is 6.11. The maximum Gasteiger partial charge on any atom is 0.312 e. The van der Waals surface area contributed by atoms with Gasteiger partial charge >= 0.3 is 6.03 Å². The molecule has 0 aliphatic rings. The zero-order valence-electron chi connectivity index (χ0n) is 13.8. The van der Waals surface area contributed by atoms with Gasteiger partial charge in [0.15, 0.2) is 0 Å². The number of anilines is 1.